The Morgan fingerprint density at radius 2 is 1.69 bits per heavy atom. The van der Waals surface area contributed by atoms with Crippen LogP contribution in [0, 0.1) is 0 Å². The van der Waals surface area contributed by atoms with Gasteiger partial charge in [-0.25, -0.2) is 18.6 Å². The van der Waals surface area contributed by atoms with Crippen molar-refractivity contribution in [3.8, 4) is 0 Å². The fraction of sp³-hybridized carbons (Fsp3) is 0.214. The maximum absolute atomic E-state index is 12.4. The van der Waals surface area contributed by atoms with E-state index in [9.17, 15) is 4.79 Å². The zero-order valence-corrected chi connectivity index (χ0v) is 21.1. The number of rotatable bonds is 4. The van der Waals surface area contributed by atoms with Crippen molar-refractivity contribution in [2.24, 2.45) is 0 Å². The van der Waals surface area contributed by atoms with Crippen LogP contribution in [-0.4, -0.2) is 19.6 Å². The van der Waals surface area contributed by atoms with E-state index in [4.69, 9.17) is 4.42 Å². The van der Waals surface area contributed by atoms with Crippen molar-refractivity contribution in [2.45, 2.75) is 39.4 Å². The first kappa shape index (κ1) is 23.8. The van der Waals surface area contributed by atoms with Gasteiger partial charge in [-0.05, 0) is 47.4 Å². The van der Waals surface area contributed by atoms with E-state index in [0.29, 0.717) is 18.8 Å². The van der Waals surface area contributed by atoms with Crippen molar-refractivity contribution in [3.63, 3.8) is 0 Å². The molecule has 0 amide bonds. The predicted octanol–water partition coefficient (Wildman–Crippen LogP) is 1.64. The molecule has 3 aromatic heterocycles. The lowest BCUT2D eigenvalue weighted by molar-refractivity contribution is -0.677. The molecule has 0 aliphatic carbocycles. The highest BCUT2D eigenvalue weighted by molar-refractivity contribution is 5.81. The van der Waals surface area contributed by atoms with Crippen molar-refractivity contribution in [3.05, 3.63) is 101 Å². The molecular formula is C28H26ClN5O2. The van der Waals surface area contributed by atoms with Gasteiger partial charge in [0.2, 0.25) is 6.33 Å². The number of aromatic nitrogens is 5. The summed E-state index contributed by atoms with van der Waals surface area (Å²) in [6.45, 7) is 7.62. The standard InChI is InChI=1S/C28H26N5O2.ClH/c1-28(2,3)20-12-13-26-21(15-20)19(14-27(34)35-26)16-31-17-32(25-11-7-6-10-24(25)31)18-33-23-9-5-4-8-22(23)29-30-33;/h4-15,17H,16,18H2,1-3H3;1H/q+1;/p-1. The SMILES string of the molecule is CC(C)(C)c1ccc2oc(=O)cc(Cn3c[n+](Cn4nnc5ccccc54)c4ccccc43)c2c1.[Cl-]. The van der Waals surface area contributed by atoms with Gasteiger partial charge in [0, 0.05) is 17.0 Å². The van der Waals surface area contributed by atoms with Crippen molar-refractivity contribution in [2.75, 3.05) is 0 Å². The molecule has 0 N–H and O–H groups in total. The summed E-state index contributed by atoms with van der Waals surface area (Å²) >= 11 is 0. The summed E-state index contributed by atoms with van der Waals surface area (Å²) in [5.74, 6) is 0. The molecule has 0 aliphatic heterocycles. The molecule has 8 heteroatoms. The van der Waals surface area contributed by atoms with Crippen LogP contribution in [0.5, 0.6) is 0 Å². The first-order valence-electron chi connectivity index (χ1n) is 11.7. The first-order valence-corrected chi connectivity index (χ1v) is 11.7. The Kier molecular flexibility index (Phi) is 5.88. The number of hydrogen-bond acceptors (Lipinski definition) is 4. The molecule has 6 aromatic rings. The van der Waals surface area contributed by atoms with Crippen LogP contribution in [0.3, 0.4) is 0 Å². The molecule has 0 unspecified atom stereocenters. The van der Waals surface area contributed by atoms with Crippen LogP contribution in [0.1, 0.15) is 31.9 Å². The molecule has 0 saturated carbocycles. The Morgan fingerprint density at radius 3 is 2.50 bits per heavy atom. The average Bonchev–Trinajstić information content (AvgIpc) is 3.40. The molecule has 36 heavy (non-hydrogen) atoms. The van der Waals surface area contributed by atoms with Gasteiger partial charge in [-0.2, -0.15) is 0 Å². The molecule has 3 aromatic carbocycles. The number of hydrogen-bond donors (Lipinski definition) is 0. The van der Waals surface area contributed by atoms with E-state index in [1.165, 1.54) is 5.56 Å². The van der Waals surface area contributed by atoms with E-state index < -0.39 is 0 Å². The highest BCUT2D eigenvalue weighted by Gasteiger charge is 2.20. The van der Waals surface area contributed by atoms with Gasteiger partial charge >= 0.3 is 5.63 Å². The third-order valence-electron chi connectivity index (χ3n) is 6.52. The minimum atomic E-state index is -0.338. The van der Waals surface area contributed by atoms with Crippen LogP contribution in [0.2, 0.25) is 0 Å². The molecular weight excluding hydrogens is 474 g/mol. The largest absolute Gasteiger partial charge is 1.00 e. The van der Waals surface area contributed by atoms with Crippen LogP contribution in [-0.2, 0) is 18.6 Å². The van der Waals surface area contributed by atoms with Crippen LogP contribution < -0.4 is 22.6 Å². The van der Waals surface area contributed by atoms with Crippen LogP contribution in [0.25, 0.3) is 33.0 Å². The normalized spacial score (nSPS) is 11.9. The Bertz CT molecular complexity index is 1770. The summed E-state index contributed by atoms with van der Waals surface area (Å²) in [5.41, 5.74) is 6.40. The lowest BCUT2D eigenvalue weighted by Gasteiger charge is -2.19. The zero-order valence-electron chi connectivity index (χ0n) is 20.4. The number of para-hydroxylation sites is 3. The van der Waals surface area contributed by atoms with Crippen molar-refractivity contribution in [1.29, 1.82) is 0 Å². The van der Waals surface area contributed by atoms with Gasteiger partial charge in [0.05, 0.1) is 5.52 Å². The number of fused-ring (bicyclic) bond motifs is 3. The van der Waals surface area contributed by atoms with Gasteiger partial charge in [0.15, 0.2) is 17.7 Å². The molecule has 0 aliphatic rings. The number of halogens is 1. The summed E-state index contributed by atoms with van der Waals surface area (Å²) < 4.78 is 11.8. The third-order valence-corrected chi connectivity index (χ3v) is 6.52. The van der Waals surface area contributed by atoms with Crippen LogP contribution in [0.4, 0.5) is 0 Å². The van der Waals surface area contributed by atoms with Crippen molar-refractivity contribution in [1.82, 2.24) is 19.6 Å². The number of nitrogens with zero attached hydrogens (tertiary/aromatic N) is 5. The topological polar surface area (TPSA) is 69.7 Å². The first-order chi connectivity index (χ1) is 16.9. The second kappa shape index (κ2) is 8.91. The quantitative estimate of drug-likeness (QED) is 0.273. The highest BCUT2D eigenvalue weighted by atomic mass is 35.5. The van der Waals surface area contributed by atoms with E-state index in [2.05, 4.69) is 64.7 Å². The Hall–Kier alpha value is -3.97. The lowest BCUT2D eigenvalue weighted by atomic mass is 9.86. The summed E-state index contributed by atoms with van der Waals surface area (Å²) in [4.78, 5) is 12.4. The average molecular weight is 500 g/mol. The Labute approximate surface area is 214 Å². The minimum absolute atomic E-state index is 0. The Morgan fingerprint density at radius 1 is 0.944 bits per heavy atom. The molecule has 0 spiro atoms. The fourth-order valence-corrected chi connectivity index (χ4v) is 4.66. The van der Waals surface area contributed by atoms with Gasteiger partial charge < -0.3 is 16.8 Å². The summed E-state index contributed by atoms with van der Waals surface area (Å²) in [7, 11) is 0. The monoisotopic (exact) mass is 499 g/mol. The zero-order chi connectivity index (χ0) is 24.2. The second-order valence-corrected chi connectivity index (χ2v) is 9.97. The molecule has 0 saturated heterocycles. The molecule has 3 heterocycles. The molecule has 0 atom stereocenters. The molecule has 6 rings (SSSR count). The molecule has 0 radical (unpaired) electrons. The molecule has 0 fully saturated rings. The smallest absolute Gasteiger partial charge is 0.336 e. The van der Waals surface area contributed by atoms with Gasteiger partial charge in [-0.15, -0.1) is 5.10 Å². The van der Waals surface area contributed by atoms with E-state index >= 15 is 0 Å². The highest BCUT2D eigenvalue weighted by Crippen LogP contribution is 2.28. The van der Waals surface area contributed by atoms with E-state index in [-0.39, 0.29) is 23.4 Å². The maximum atomic E-state index is 12.4. The second-order valence-electron chi connectivity index (χ2n) is 9.97. The molecule has 0 bridgehead atoms. The Balaban J connectivity index is 0.00000267. The van der Waals surface area contributed by atoms with Crippen LogP contribution >= 0.6 is 0 Å². The van der Waals surface area contributed by atoms with Gasteiger partial charge in [0.25, 0.3) is 0 Å². The van der Waals surface area contributed by atoms with Gasteiger partial charge in [-0.1, -0.05) is 56.3 Å². The van der Waals surface area contributed by atoms with Gasteiger partial charge in [-0.3, -0.25) is 0 Å². The van der Waals surface area contributed by atoms with Crippen molar-refractivity contribution >= 4 is 33.0 Å². The molecule has 7 nitrogen and oxygen atoms in total. The van der Waals surface area contributed by atoms with E-state index in [1.54, 1.807) is 6.07 Å². The number of imidazole rings is 1. The van der Waals surface area contributed by atoms with Crippen LogP contribution in [0.15, 0.2) is 88.3 Å². The van der Waals surface area contributed by atoms with E-state index in [0.717, 1.165) is 33.0 Å². The summed E-state index contributed by atoms with van der Waals surface area (Å²) in [5, 5.41) is 9.61. The lowest BCUT2D eigenvalue weighted by Crippen LogP contribution is -3.00. The fourth-order valence-electron chi connectivity index (χ4n) is 4.66. The minimum Gasteiger partial charge on any atom is -1.00 e. The maximum Gasteiger partial charge on any atom is 0.336 e. The predicted molar refractivity (Wildman–Crippen MR) is 135 cm³/mol. The van der Waals surface area contributed by atoms with E-state index in [1.807, 2.05) is 53.2 Å². The summed E-state index contributed by atoms with van der Waals surface area (Å²) in [6, 6.07) is 23.9. The van der Waals surface area contributed by atoms with Crippen molar-refractivity contribution < 1.29 is 21.4 Å². The number of benzene rings is 3. The van der Waals surface area contributed by atoms with Gasteiger partial charge in [0.1, 0.15) is 17.6 Å². The summed E-state index contributed by atoms with van der Waals surface area (Å²) in [6.07, 6.45) is 2.08. The third kappa shape index (κ3) is 4.16. The molecule has 182 valence electrons.